The van der Waals surface area contributed by atoms with Gasteiger partial charge in [0.1, 0.15) is 0 Å². The molecule has 0 radical (unpaired) electrons. The van der Waals surface area contributed by atoms with Crippen molar-refractivity contribution in [3.63, 3.8) is 0 Å². The van der Waals surface area contributed by atoms with Crippen molar-refractivity contribution in [3.05, 3.63) is 0 Å². The van der Waals surface area contributed by atoms with Gasteiger partial charge in [0.2, 0.25) is 0 Å². The van der Waals surface area contributed by atoms with Crippen LogP contribution in [0.1, 0.15) is 13.3 Å². The second-order valence-electron chi connectivity index (χ2n) is 1.83. The molecule has 0 aromatic heterocycles. The Morgan fingerprint density at radius 2 is 2.44 bits per heavy atom. The SMILES string of the molecule is CCC(C#N)NCCN. The van der Waals surface area contributed by atoms with Crippen LogP contribution in [0, 0.1) is 11.3 Å². The van der Waals surface area contributed by atoms with Crippen LogP contribution in [-0.2, 0) is 0 Å². The van der Waals surface area contributed by atoms with Gasteiger partial charge in [-0.3, -0.25) is 0 Å². The van der Waals surface area contributed by atoms with E-state index in [9.17, 15) is 0 Å². The lowest BCUT2D eigenvalue weighted by Gasteiger charge is -2.05. The van der Waals surface area contributed by atoms with E-state index >= 15 is 0 Å². The largest absolute Gasteiger partial charge is 0.329 e. The number of nitrogens with two attached hydrogens (primary N) is 1. The lowest BCUT2D eigenvalue weighted by atomic mass is 10.2. The topological polar surface area (TPSA) is 61.8 Å². The molecule has 0 aliphatic heterocycles. The average Bonchev–Trinajstić information content (AvgIpc) is 1.91. The summed E-state index contributed by atoms with van der Waals surface area (Å²) in [6.45, 7) is 3.29. The van der Waals surface area contributed by atoms with Crippen LogP contribution in [-0.4, -0.2) is 19.1 Å². The quantitative estimate of drug-likeness (QED) is 0.551. The summed E-state index contributed by atoms with van der Waals surface area (Å²) in [5.74, 6) is 0. The van der Waals surface area contributed by atoms with Gasteiger partial charge in [0.25, 0.3) is 0 Å². The summed E-state index contributed by atoms with van der Waals surface area (Å²) in [6.07, 6.45) is 0.844. The van der Waals surface area contributed by atoms with Crippen molar-refractivity contribution in [1.29, 1.82) is 5.26 Å². The van der Waals surface area contributed by atoms with E-state index in [4.69, 9.17) is 11.0 Å². The first-order valence-electron chi connectivity index (χ1n) is 3.18. The first-order valence-corrected chi connectivity index (χ1v) is 3.18. The normalized spacial score (nSPS) is 12.6. The molecule has 0 aliphatic carbocycles. The highest BCUT2D eigenvalue weighted by atomic mass is 14.9. The van der Waals surface area contributed by atoms with Crippen LogP contribution in [0.25, 0.3) is 0 Å². The zero-order chi connectivity index (χ0) is 7.11. The monoisotopic (exact) mass is 127 g/mol. The van der Waals surface area contributed by atoms with E-state index in [0.717, 1.165) is 13.0 Å². The highest BCUT2D eigenvalue weighted by Crippen LogP contribution is 1.84. The highest BCUT2D eigenvalue weighted by Gasteiger charge is 1.98. The Bertz CT molecular complexity index is 95.0. The Hall–Kier alpha value is -0.590. The summed E-state index contributed by atoms with van der Waals surface area (Å²) < 4.78 is 0. The molecule has 0 rings (SSSR count). The third-order valence-corrected chi connectivity index (χ3v) is 1.10. The maximum atomic E-state index is 8.40. The zero-order valence-electron chi connectivity index (χ0n) is 5.72. The molecule has 0 fully saturated rings. The summed E-state index contributed by atoms with van der Waals surface area (Å²) in [5, 5.41) is 11.4. The minimum Gasteiger partial charge on any atom is -0.329 e. The molecular weight excluding hydrogens is 114 g/mol. The van der Waals surface area contributed by atoms with Gasteiger partial charge in [-0.05, 0) is 6.42 Å². The Morgan fingerprint density at radius 3 is 2.78 bits per heavy atom. The number of hydrogen-bond donors (Lipinski definition) is 2. The molecule has 0 bridgehead atoms. The van der Waals surface area contributed by atoms with Crippen molar-refractivity contribution in [1.82, 2.24) is 5.32 Å². The molecule has 1 unspecified atom stereocenters. The van der Waals surface area contributed by atoms with Crippen LogP contribution in [0.2, 0.25) is 0 Å². The van der Waals surface area contributed by atoms with Gasteiger partial charge in [0.05, 0.1) is 12.1 Å². The summed E-state index contributed by atoms with van der Waals surface area (Å²) in [4.78, 5) is 0. The zero-order valence-corrected chi connectivity index (χ0v) is 5.72. The maximum absolute atomic E-state index is 8.40. The molecule has 0 aliphatic rings. The fraction of sp³-hybridized carbons (Fsp3) is 0.833. The Morgan fingerprint density at radius 1 is 1.78 bits per heavy atom. The predicted octanol–water partition coefficient (Wildman–Crippen LogP) is -0.163. The molecule has 9 heavy (non-hydrogen) atoms. The first-order chi connectivity index (χ1) is 4.35. The van der Waals surface area contributed by atoms with Gasteiger partial charge >= 0.3 is 0 Å². The molecule has 0 aromatic rings. The van der Waals surface area contributed by atoms with E-state index in [2.05, 4.69) is 11.4 Å². The summed E-state index contributed by atoms with van der Waals surface area (Å²) in [5.41, 5.74) is 5.21. The number of nitrogens with zero attached hydrogens (tertiary/aromatic N) is 1. The van der Waals surface area contributed by atoms with Crippen LogP contribution < -0.4 is 11.1 Å². The molecule has 3 heteroatoms. The van der Waals surface area contributed by atoms with Gasteiger partial charge in [-0.1, -0.05) is 6.92 Å². The van der Waals surface area contributed by atoms with Gasteiger partial charge in [-0.25, -0.2) is 0 Å². The summed E-state index contributed by atoms with van der Waals surface area (Å²) >= 11 is 0. The molecule has 1 atom stereocenters. The fourth-order valence-corrected chi connectivity index (χ4v) is 0.539. The summed E-state index contributed by atoms with van der Waals surface area (Å²) in [7, 11) is 0. The van der Waals surface area contributed by atoms with Crippen molar-refractivity contribution in [2.75, 3.05) is 13.1 Å². The van der Waals surface area contributed by atoms with Crippen molar-refractivity contribution in [2.24, 2.45) is 5.73 Å². The average molecular weight is 127 g/mol. The molecule has 0 heterocycles. The maximum Gasteiger partial charge on any atom is 0.0950 e. The smallest absolute Gasteiger partial charge is 0.0950 e. The van der Waals surface area contributed by atoms with Crippen LogP contribution in [0.4, 0.5) is 0 Å². The summed E-state index contributed by atoms with van der Waals surface area (Å²) in [6, 6.07) is 2.10. The van der Waals surface area contributed by atoms with E-state index in [0.29, 0.717) is 6.54 Å². The van der Waals surface area contributed by atoms with Gasteiger partial charge in [0, 0.05) is 13.1 Å². The lowest BCUT2D eigenvalue weighted by molar-refractivity contribution is 0.594. The number of rotatable bonds is 4. The molecule has 0 amide bonds. The van der Waals surface area contributed by atoms with E-state index in [-0.39, 0.29) is 6.04 Å². The number of nitrogens with one attached hydrogen (secondary N) is 1. The molecule has 0 spiro atoms. The van der Waals surface area contributed by atoms with Crippen molar-refractivity contribution in [3.8, 4) is 6.07 Å². The minimum absolute atomic E-state index is 0.0199. The Labute approximate surface area is 55.8 Å². The van der Waals surface area contributed by atoms with Crippen LogP contribution >= 0.6 is 0 Å². The van der Waals surface area contributed by atoms with Crippen LogP contribution in [0.3, 0.4) is 0 Å². The van der Waals surface area contributed by atoms with Gasteiger partial charge in [-0.15, -0.1) is 0 Å². The van der Waals surface area contributed by atoms with E-state index in [1.807, 2.05) is 6.92 Å². The molecule has 0 saturated heterocycles. The first kappa shape index (κ1) is 8.41. The minimum atomic E-state index is -0.0199. The molecule has 3 nitrogen and oxygen atoms in total. The highest BCUT2D eigenvalue weighted by molar-refractivity contribution is 4.87. The molecule has 0 saturated carbocycles. The van der Waals surface area contributed by atoms with Crippen molar-refractivity contribution in [2.45, 2.75) is 19.4 Å². The molecule has 52 valence electrons. The van der Waals surface area contributed by atoms with Gasteiger partial charge in [0.15, 0.2) is 0 Å². The fourth-order valence-electron chi connectivity index (χ4n) is 0.539. The second kappa shape index (κ2) is 5.54. The third-order valence-electron chi connectivity index (χ3n) is 1.10. The Kier molecular flexibility index (Phi) is 5.18. The Balaban J connectivity index is 3.23. The van der Waals surface area contributed by atoms with E-state index in [1.165, 1.54) is 0 Å². The molecule has 3 N–H and O–H groups in total. The van der Waals surface area contributed by atoms with Crippen molar-refractivity contribution < 1.29 is 0 Å². The molecule has 0 aromatic carbocycles. The predicted molar refractivity (Wildman–Crippen MR) is 36.7 cm³/mol. The lowest BCUT2D eigenvalue weighted by Crippen LogP contribution is -2.31. The molecular formula is C6H13N3. The number of hydrogen-bond acceptors (Lipinski definition) is 3. The van der Waals surface area contributed by atoms with E-state index in [1.54, 1.807) is 0 Å². The van der Waals surface area contributed by atoms with Crippen LogP contribution in [0.5, 0.6) is 0 Å². The van der Waals surface area contributed by atoms with E-state index < -0.39 is 0 Å². The third kappa shape index (κ3) is 3.95. The van der Waals surface area contributed by atoms with Crippen LogP contribution in [0.15, 0.2) is 0 Å². The second-order valence-corrected chi connectivity index (χ2v) is 1.83. The standard InChI is InChI=1S/C6H13N3/c1-2-6(5-8)9-4-3-7/h6,9H,2-4,7H2,1H3. The van der Waals surface area contributed by atoms with Gasteiger partial charge < -0.3 is 11.1 Å². The van der Waals surface area contributed by atoms with Crippen molar-refractivity contribution >= 4 is 0 Å². The number of nitriles is 1. The van der Waals surface area contributed by atoms with Gasteiger partial charge in [-0.2, -0.15) is 5.26 Å².